The van der Waals surface area contributed by atoms with Crippen LogP contribution in [0.3, 0.4) is 0 Å². The van der Waals surface area contributed by atoms with E-state index in [0.717, 1.165) is 0 Å². The predicted molar refractivity (Wildman–Crippen MR) is 105 cm³/mol. The van der Waals surface area contributed by atoms with Gasteiger partial charge in [0.15, 0.2) is 18.1 Å². The van der Waals surface area contributed by atoms with Gasteiger partial charge in [0.1, 0.15) is 17.7 Å². The Bertz CT molecular complexity index is 928. The number of hydrogen-bond donors (Lipinski definition) is 1. The number of amides is 1. The molecule has 7 heteroatoms. The molecule has 0 atom stereocenters. The van der Waals surface area contributed by atoms with Crippen LogP contribution in [0.1, 0.15) is 12.5 Å². The quantitative estimate of drug-likeness (QED) is 0.526. The van der Waals surface area contributed by atoms with Crippen molar-refractivity contribution in [2.45, 2.75) is 6.92 Å². The summed E-state index contributed by atoms with van der Waals surface area (Å²) in [6.07, 6.45) is 1.46. The second kappa shape index (κ2) is 10.0. The van der Waals surface area contributed by atoms with Crippen molar-refractivity contribution >= 4 is 33.6 Å². The monoisotopic (exact) mass is 425 g/mol. The van der Waals surface area contributed by atoms with Gasteiger partial charge in [-0.3, -0.25) is 4.79 Å². The Morgan fingerprint density at radius 3 is 2.52 bits per heavy atom. The van der Waals surface area contributed by atoms with Crippen LogP contribution in [-0.4, -0.2) is 19.1 Å². The highest BCUT2D eigenvalue weighted by atomic mass is 79.9. The second-order valence-corrected chi connectivity index (χ2v) is 6.04. The number of nitrogens with zero attached hydrogens (tertiary/aromatic N) is 2. The standard InChI is InChI=1S/C20H16BrN3O3/c1-2-26-18-11-14(17(21)12-19(18)27-9-8-22)10-15(13-23)20(25)24-16-6-4-3-5-7-16/h3-7,10-12H,2,9H2,1H3,(H,24,25)/b15-10+. The fourth-order valence-corrected chi connectivity index (χ4v) is 2.61. The fraction of sp³-hybridized carbons (Fsp3) is 0.150. The Morgan fingerprint density at radius 1 is 1.19 bits per heavy atom. The summed E-state index contributed by atoms with van der Waals surface area (Å²) in [5.41, 5.74) is 1.10. The molecule has 136 valence electrons. The van der Waals surface area contributed by atoms with Crippen LogP contribution >= 0.6 is 15.9 Å². The van der Waals surface area contributed by atoms with Crippen LogP contribution in [0.4, 0.5) is 5.69 Å². The fourth-order valence-electron chi connectivity index (χ4n) is 2.18. The highest BCUT2D eigenvalue weighted by Gasteiger charge is 2.14. The number of para-hydroxylation sites is 1. The van der Waals surface area contributed by atoms with Crippen LogP contribution in [0.2, 0.25) is 0 Å². The zero-order valence-corrected chi connectivity index (χ0v) is 16.1. The first-order valence-electron chi connectivity index (χ1n) is 8.03. The lowest BCUT2D eigenvalue weighted by atomic mass is 10.1. The first kappa shape index (κ1) is 20.0. The van der Waals surface area contributed by atoms with Gasteiger partial charge in [0.25, 0.3) is 5.91 Å². The Morgan fingerprint density at radius 2 is 1.89 bits per heavy atom. The molecule has 0 radical (unpaired) electrons. The molecule has 2 aromatic carbocycles. The van der Waals surface area contributed by atoms with Gasteiger partial charge in [0, 0.05) is 10.2 Å². The van der Waals surface area contributed by atoms with Crippen LogP contribution in [0.5, 0.6) is 11.5 Å². The molecule has 0 aliphatic rings. The number of anilines is 1. The molecule has 0 fully saturated rings. The maximum Gasteiger partial charge on any atom is 0.266 e. The molecule has 0 unspecified atom stereocenters. The molecule has 0 spiro atoms. The van der Waals surface area contributed by atoms with Gasteiger partial charge in [-0.15, -0.1) is 0 Å². The minimum Gasteiger partial charge on any atom is -0.490 e. The van der Waals surface area contributed by atoms with E-state index in [1.807, 2.05) is 25.1 Å². The minimum absolute atomic E-state index is 0.0623. The molecule has 1 N–H and O–H groups in total. The van der Waals surface area contributed by atoms with Gasteiger partial charge in [-0.05, 0) is 42.8 Å². The van der Waals surface area contributed by atoms with Gasteiger partial charge in [0.05, 0.1) is 6.61 Å². The number of halogens is 1. The molecule has 1 amide bonds. The summed E-state index contributed by atoms with van der Waals surface area (Å²) < 4.78 is 11.5. The van der Waals surface area contributed by atoms with Crippen LogP contribution in [0.15, 0.2) is 52.5 Å². The van der Waals surface area contributed by atoms with Crippen molar-refractivity contribution in [2.75, 3.05) is 18.5 Å². The van der Waals surface area contributed by atoms with Gasteiger partial charge in [-0.1, -0.05) is 34.1 Å². The topological polar surface area (TPSA) is 95.1 Å². The van der Waals surface area contributed by atoms with E-state index >= 15 is 0 Å². The second-order valence-electron chi connectivity index (χ2n) is 5.19. The van der Waals surface area contributed by atoms with E-state index in [-0.39, 0.29) is 12.2 Å². The number of carbonyl (C=O) groups is 1. The lowest BCUT2D eigenvalue weighted by Gasteiger charge is -2.12. The van der Waals surface area contributed by atoms with E-state index in [0.29, 0.717) is 33.8 Å². The molecule has 0 bridgehead atoms. The highest BCUT2D eigenvalue weighted by Crippen LogP contribution is 2.35. The highest BCUT2D eigenvalue weighted by molar-refractivity contribution is 9.10. The first-order valence-corrected chi connectivity index (χ1v) is 8.82. The van der Waals surface area contributed by atoms with Crippen molar-refractivity contribution in [2.24, 2.45) is 0 Å². The normalized spacial score (nSPS) is 10.4. The van der Waals surface area contributed by atoms with Crippen LogP contribution < -0.4 is 14.8 Å². The number of benzene rings is 2. The van der Waals surface area contributed by atoms with Crippen LogP contribution in [0.25, 0.3) is 6.08 Å². The molecule has 0 heterocycles. The first-order chi connectivity index (χ1) is 13.1. The third-order valence-corrected chi connectivity index (χ3v) is 4.04. The largest absolute Gasteiger partial charge is 0.490 e. The van der Waals surface area contributed by atoms with Gasteiger partial charge in [-0.2, -0.15) is 10.5 Å². The average Bonchev–Trinajstić information content (AvgIpc) is 2.67. The lowest BCUT2D eigenvalue weighted by Crippen LogP contribution is -2.13. The molecular formula is C20H16BrN3O3. The Hall–Kier alpha value is -3.29. The maximum atomic E-state index is 12.4. The molecule has 27 heavy (non-hydrogen) atoms. The van der Waals surface area contributed by atoms with Crippen LogP contribution in [-0.2, 0) is 4.79 Å². The zero-order chi connectivity index (χ0) is 19.6. The summed E-state index contributed by atoms with van der Waals surface area (Å²) in [6, 6.07) is 16.0. The van der Waals surface area contributed by atoms with Gasteiger partial charge >= 0.3 is 0 Å². The molecule has 6 nitrogen and oxygen atoms in total. The van der Waals surface area contributed by atoms with Gasteiger partial charge < -0.3 is 14.8 Å². The molecule has 0 aliphatic carbocycles. The number of carbonyl (C=O) groups excluding carboxylic acids is 1. The number of rotatable bonds is 7. The molecule has 0 aliphatic heterocycles. The molecule has 0 saturated carbocycles. The number of nitrogens with one attached hydrogen (secondary N) is 1. The van der Waals surface area contributed by atoms with Crippen molar-refractivity contribution in [1.29, 1.82) is 10.5 Å². The van der Waals surface area contributed by atoms with Crippen molar-refractivity contribution in [3.05, 3.63) is 58.1 Å². The molecular weight excluding hydrogens is 410 g/mol. The minimum atomic E-state index is -0.515. The van der Waals surface area contributed by atoms with Crippen molar-refractivity contribution in [1.82, 2.24) is 0 Å². The third-order valence-electron chi connectivity index (χ3n) is 3.35. The van der Waals surface area contributed by atoms with E-state index in [9.17, 15) is 10.1 Å². The lowest BCUT2D eigenvalue weighted by molar-refractivity contribution is -0.112. The zero-order valence-electron chi connectivity index (χ0n) is 14.5. The van der Waals surface area contributed by atoms with E-state index < -0.39 is 5.91 Å². The van der Waals surface area contributed by atoms with Gasteiger partial charge in [-0.25, -0.2) is 0 Å². The Labute approximate surface area is 165 Å². The van der Waals surface area contributed by atoms with E-state index in [4.69, 9.17) is 14.7 Å². The molecule has 2 rings (SSSR count). The van der Waals surface area contributed by atoms with Crippen LogP contribution in [0, 0.1) is 22.7 Å². The SMILES string of the molecule is CCOc1cc(/C=C(\C#N)C(=O)Nc2ccccc2)c(Br)cc1OCC#N. The average molecular weight is 426 g/mol. The van der Waals surface area contributed by atoms with Crippen molar-refractivity contribution < 1.29 is 14.3 Å². The molecule has 0 aromatic heterocycles. The molecule has 0 saturated heterocycles. The predicted octanol–water partition coefficient (Wildman–Crippen LogP) is 4.30. The summed E-state index contributed by atoms with van der Waals surface area (Å²) in [6.45, 7) is 2.09. The summed E-state index contributed by atoms with van der Waals surface area (Å²) in [5, 5.41) is 20.7. The number of nitriles is 2. The Kier molecular flexibility index (Phi) is 7.42. The number of ether oxygens (including phenoxy) is 2. The summed E-state index contributed by atoms with van der Waals surface area (Å²) in [7, 11) is 0. The van der Waals surface area contributed by atoms with Gasteiger partial charge in [0.2, 0.25) is 0 Å². The summed E-state index contributed by atoms with van der Waals surface area (Å²) in [4.78, 5) is 12.4. The van der Waals surface area contributed by atoms with Crippen molar-refractivity contribution in [3.8, 4) is 23.6 Å². The summed E-state index contributed by atoms with van der Waals surface area (Å²) >= 11 is 3.39. The summed E-state index contributed by atoms with van der Waals surface area (Å²) in [5.74, 6) is 0.302. The third kappa shape index (κ3) is 5.60. The molecule has 2 aromatic rings. The van der Waals surface area contributed by atoms with E-state index in [1.165, 1.54) is 6.08 Å². The number of hydrogen-bond acceptors (Lipinski definition) is 5. The smallest absolute Gasteiger partial charge is 0.266 e. The van der Waals surface area contributed by atoms with E-state index in [2.05, 4.69) is 21.2 Å². The maximum absolute atomic E-state index is 12.4. The Balaban J connectivity index is 2.34. The van der Waals surface area contributed by atoms with E-state index in [1.54, 1.807) is 36.4 Å². The van der Waals surface area contributed by atoms with Crippen molar-refractivity contribution in [3.63, 3.8) is 0 Å².